The number of rotatable bonds is 8. The van der Waals surface area contributed by atoms with Gasteiger partial charge in [-0.1, -0.05) is 92.1 Å². The molecule has 0 aliphatic heterocycles. The summed E-state index contributed by atoms with van der Waals surface area (Å²) in [6.45, 7) is 2.68. The second-order valence-electron chi connectivity index (χ2n) is 10.8. The molecule has 5 heteroatoms. The van der Waals surface area contributed by atoms with Gasteiger partial charge in [0.1, 0.15) is 5.75 Å². The molecule has 0 saturated heterocycles. The molecule has 1 aliphatic rings. The third-order valence-corrected chi connectivity index (χ3v) is 8.29. The van der Waals surface area contributed by atoms with Crippen LogP contribution in [0, 0.1) is 6.92 Å². The first kappa shape index (κ1) is 26.0. The lowest BCUT2D eigenvalue weighted by molar-refractivity contribution is 0.142. The van der Waals surface area contributed by atoms with Gasteiger partial charge in [-0.05, 0) is 66.7 Å². The van der Waals surface area contributed by atoms with E-state index < -0.39 is 6.16 Å². The maximum Gasteiger partial charge on any atom is 0.512 e. The lowest BCUT2D eigenvalue weighted by Gasteiger charge is -2.25. The number of para-hydroxylation sites is 1. The van der Waals surface area contributed by atoms with Crippen molar-refractivity contribution < 1.29 is 19.4 Å². The number of hydrogen-bond acceptors (Lipinski definition) is 3. The summed E-state index contributed by atoms with van der Waals surface area (Å²) in [7, 11) is 0. The Kier molecular flexibility index (Phi) is 7.45. The molecule has 1 aromatic heterocycles. The van der Waals surface area contributed by atoms with Crippen molar-refractivity contribution in [3.63, 3.8) is 0 Å². The van der Waals surface area contributed by atoms with Crippen molar-refractivity contribution in [3.05, 3.63) is 95.6 Å². The zero-order chi connectivity index (χ0) is 27.5. The minimum atomic E-state index is -1.32. The van der Waals surface area contributed by atoms with Crippen LogP contribution in [0.15, 0.2) is 78.9 Å². The zero-order valence-electron chi connectivity index (χ0n) is 22.9. The minimum Gasteiger partial charge on any atom is -0.493 e. The average Bonchev–Trinajstić information content (AvgIpc) is 3.32. The number of carbonyl (C=O) groups is 1. The fourth-order valence-electron chi connectivity index (χ4n) is 6.45. The maximum absolute atomic E-state index is 11.6. The summed E-state index contributed by atoms with van der Waals surface area (Å²) >= 11 is 0. The highest BCUT2D eigenvalue weighted by Gasteiger charge is 2.23. The average molecular weight is 534 g/mol. The first-order valence-corrected chi connectivity index (χ1v) is 14.3. The Balaban J connectivity index is 1.32. The van der Waals surface area contributed by atoms with Crippen LogP contribution in [-0.2, 0) is 6.42 Å². The number of aromatic nitrogens is 1. The standard InChI is InChI=1S/C35H35NO4/c1-23-11-7-17-27(25-12-3-2-4-13-25)32(23)30-19-9-18-28-29(34(36-33(28)30)40-35(37)38)20-10-22-39-31-21-8-15-24-14-5-6-16-26(24)31/h5-9,11,14-19,21,25,36H,2-4,10,12-13,20,22H2,1H3,(H,37,38). The summed E-state index contributed by atoms with van der Waals surface area (Å²) in [4.78, 5) is 15.0. The molecule has 2 N–H and O–H groups in total. The molecule has 0 atom stereocenters. The fraction of sp³-hybridized carbons (Fsp3) is 0.286. The summed E-state index contributed by atoms with van der Waals surface area (Å²) in [5.74, 6) is 1.71. The van der Waals surface area contributed by atoms with Gasteiger partial charge in [-0.2, -0.15) is 0 Å². The van der Waals surface area contributed by atoms with E-state index in [9.17, 15) is 9.90 Å². The molecule has 0 radical (unpaired) electrons. The van der Waals surface area contributed by atoms with Crippen LogP contribution in [-0.4, -0.2) is 22.9 Å². The van der Waals surface area contributed by atoms with E-state index in [0.717, 1.165) is 38.6 Å². The molecular weight excluding hydrogens is 498 g/mol. The van der Waals surface area contributed by atoms with Crippen molar-refractivity contribution in [1.29, 1.82) is 0 Å². The van der Waals surface area contributed by atoms with Gasteiger partial charge < -0.3 is 19.6 Å². The summed E-state index contributed by atoms with van der Waals surface area (Å²) in [6.07, 6.45) is 6.30. The molecule has 1 aliphatic carbocycles. The molecule has 5 nitrogen and oxygen atoms in total. The monoisotopic (exact) mass is 533 g/mol. The Morgan fingerprint density at radius 2 is 1.65 bits per heavy atom. The van der Waals surface area contributed by atoms with Gasteiger partial charge in [0.2, 0.25) is 5.88 Å². The number of ether oxygens (including phenoxy) is 2. The summed E-state index contributed by atoms with van der Waals surface area (Å²) in [6, 6.07) is 27.2. The predicted octanol–water partition coefficient (Wildman–Crippen LogP) is 9.41. The first-order valence-electron chi connectivity index (χ1n) is 14.3. The summed E-state index contributed by atoms with van der Waals surface area (Å²) in [5, 5.41) is 12.7. The highest BCUT2D eigenvalue weighted by molar-refractivity contribution is 5.99. The molecule has 6 rings (SSSR count). The van der Waals surface area contributed by atoms with E-state index in [1.54, 1.807) is 0 Å². The number of aryl methyl sites for hydroxylation is 2. The van der Waals surface area contributed by atoms with Gasteiger partial charge in [-0.25, -0.2) is 4.79 Å². The number of H-pyrrole nitrogens is 1. The van der Waals surface area contributed by atoms with Crippen molar-refractivity contribution in [1.82, 2.24) is 4.98 Å². The Bertz CT molecular complexity index is 1660. The molecule has 5 aromatic rings. The van der Waals surface area contributed by atoms with Crippen molar-refractivity contribution in [3.8, 4) is 22.8 Å². The quantitative estimate of drug-likeness (QED) is 0.154. The van der Waals surface area contributed by atoms with Crippen LogP contribution < -0.4 is 9.47 Å². The molecule has 1 saturated carbocycles. The number of fused-ring (bicyclic) bond motifs is 2. The number of aromatic amines is 1. The second-order valence-corrected chi connectivity index (χ2v) is 10.8. The van der Waals surface area contributed by atoms with Crippen LogP contribution >= 0.6 is 0 Å². The van der Waals surface area contributed by atoms with Gasteiger partial charge in [-0.15, -0.1) is 0 Å². The lowest BCUT2D eigenvalue weighted by Crippen LogP contribution is -2.07. The topological polar surface area (TPSA) is 71.6 Å². The van der Waals surface area contributed by atoms with E-state index in [-0.39, 0.29) is 0 Å². The highest BCUT2D eigenvalue weighted by Crippen LogP contribution is 2.43. The van der Waals surface area contributed by atoms with Crippen molar-refractivity contribution in [2.45, 2.75) is 57.8 Å². The van der Waals surface area contributed by atoms with Gasteiger partial charge in [0.25, 0.3) is 0 Å². The molecule has 204 valence electrons. The highest BCUT2D eigenvalue weighted by atomic mass is 16.7. The van der Waals surface area contributed by atoms with Crippen LogP contribution in [0.3, 0.4) is 0 Å². The molecule has 1 heterocycles. The normalized spacial score (nSPS) is 14.0. The van der Waals surface area contributed by atoms with E-state index in [2.05, 4.69) is 66.5 Å². The molecule has 1 fully saturated rings. The van der Waals surface area contributed by atoms with Crippen LogP contribution in [0.4, 0.5) is 4.79 Å². The van der Waals surface area contributed by atoms with Crippen molar-refractivity contribution in [2.24, 2.45) is 0 Å². The van der Waals surface area contributed by atoms with Crippen molar-refractivity contribution in [2.75, 3.05) is 6.61 Å². The number of carboxylic acid groups (broad SMARTS) is 1. The van der Waals surface area contributed by atoms with Crippen LogP contribution in [0.25, 0.3) is 32.8 Å². The molecule has 0 bridgehead atoms. The van der Waals surface area contributed by atoms with Gasteiger partial charge in [0.05, 0.1) is 12.1 Å². The first-order chi connectivity index (χ1) is 19.6. The van der Waals surface area contributed by atoms with Crippen molar-refractivity contribution >= 4 is 27.8 Å². The SMILES string of the molecule is Cc1cccc(C2CCCCC2)c1-c1cccc2c(CCCOc3cccc4ccccc34)c(OC(=O)O)[nH]c12. The van der Waals surface area contributed by atoms with E-state index in [1.165, 1.54) is 48.8 Å². The Morgan fingerprint density at radius 3 is 2.50 bits per heavy atom. The van der Waals surface area contributed by atoms with Gasteiger partial charge in [0.15, 0.2) is 0 Å². The van der Waals surface area contributed by atoms with Gasteiger partial charge >= 0.3 is 6.16 Å². The van der Waals surface area contributed by atoms with Crippen LogP contribution in [0.5, 0.6) is 11.6 Å². The smallest absolute Gasteiger partial charge is 0.493 e. The van der Waals surface area contributed by atoms with Gasteiger partial charge in [0, 0.05) is 21.9 Å². The number of nitrogens with one attached hydrogen (secondary N) is 1. The minimum absolute atomic E-state index is 0.299. The number of benzene rings is 4. The van der Waals surface area contributed by atoms with E-state index in [0.29, 0.717) is 31.2 Å². The Hall–Kier alpha value is -4.25. The third-order valence-electron chi connectivity index (χ3n) is 8.29. The molecule has 0 amide bonds. The fourth-order valence-corrected chi connectivity index (χ4v) is 6.45. The Morgan fingerprint density at radius 1 is 0.900 bits per heavy atom. The molecule has 4 aromatic carbocycles. The number of hydrogen-bond donors (Lipinski definition) is 2. The summed E-state index contributed by atoms with van der Waals surface area (Å²) < 4.78 is 11.5. The maximum atomic E-state index is 11.6. The largest absolute Gasteiger partial charge is 0.512 e. The van der Waals surface area contributed by atoms with E-state index >= 15 is 0 Å². The molecule has 0 unspecified atom stereocenters. The summed E-state index contributed by atoms with van der Waals surface area (Å²) in [5.41, 5.74) is 6.78. The predicted molar refractivity (Wildman–Crippen MR) is 161 cm³/mol. The molecular formula is C35H35NO4. The molecule has 0 spiro atoms. The second kappa shape index (κ2) is 11.5. The lowest BCUT2D eigenvalue weighted by atomic mass is 9.79. The van der Waals surface area contributed by atoms with Gasteiger partial charge in [-0.3, -0.25) is 0 Å². The van der Waals surface area contributed by atoms with E-state index in [4.69, 9.17) is 9.47 Å². The third kappa shape index (κ3) is 5.16. The zero-order valence-corrected chi connectivity index (χ0v) is 22.9. The Labute approximate surface area is 234 Å². The van der Waals surface area contributed by atoms with Crippen LogP contribution in [0.2, 0.25) is 0 Å². The van der Waals surface area contributed by atoms with E-state index in [1.807, 2.05) is 24.3 Å². The molecule has 40 heavy (non-hydrogen) atoms. The van der Waals surface area contributed by atoms with Crippen LogP contribution in [0.1, 0.15) is 61.1 Å².